The lowest BCUT2D eigenvalue weighted by Crippen LogP contribution is -2.37. The molecule has 0 spiro atoms. The molecule has 0 bridgehead atoms. The van der Waals surface area contributed by atoms with Gasteiger partial charge in [0.2, 0.25) is 10.0 Å². The number of rotatable bonds is 4. The Bertz CT molecular complexity index is 578. The molecule has 0 saturated heterocycles. The Morgan fingerprint density at radius 3 is 2.50 bits per heavy atom. The molecule has 0 aliphatic heterocycles. The Morgan fingerprint density at radius 1 is 1.25 bits per heavy atom. The molecule has 0 radical (unpaired) electrons. The van der Waals surface area contributed by atoms with Gasteiger partial charge in [0, 0.05) is 11.0 Å². The van der Waals surface area contributed by atoms with Crippen LogP contribution in [0.4, 0.5) is 0 Å². The van der Waals surface area contributed by atoms with Crippen LogP contribution in [0.5, 0.6) is 0 Å². The molecule has 5 heteroatoms. The SMILES string of the molecule is Cc1cc(S(=O)(=O)NCC2(C)CCCCC2)ccc1Br. The van der Waals surface area contributed by atoms with Crippen LogP contribution in [0.1, 0.15) is 44.6 Å². The van der Waals surface area contributed by atoms with Crippen molar-refractivity contribution >= 4 is 26.0 Å². The highest BCUT2D eigenvalue weighted by molar-refractivity contribution is 9.10. The van der Waals surface area contributed by atoms with E-state index in [2.05, 4.69) is 27.6 Å². The Labute approximate surface area is 130 Å². The van der Waals surface area contributed by atoms with E-state index in [-0.39, 0.29) is 5.41 Å². The van der Waals surface area contributed by atoms with Gasteiger partial charge in [0.15, 0.2) is 0 Å². The molecule has 0 atom stereocenters. The Morgan fingerprint density at radius 2 is 1.90 bits per heavy atom. The van der Waals surface area contributed by atoms with Gasteiger partial charge in [0.25, 0.3) is 0 Å². The summed E-state index contributed by atoms with van der Waals surface area (Å²) in [5.41, 5.74) is 1.03. The second-order valence-corrected chi connectivity index (χ2v) is 8.73. The third-order valence-electron chi connectivity index (χ3n) is 4.19. The summed E-state index contributed by atoms with van der Waals surface area (Å²) in [4.78, 5) is 0.345. The van der Waals surface area contributed by atoms with Crippen molar-refractivity contribution in [3.05, 3.63) is 28.2 Å². The first-order chi connectivity index (χ1) is 9.32. The zero-order valence-corrected chi connectivity index (χ0v) is 14.5. The number of hydrogen-bond donors (Lipinski definition) is 1. The first-order valence-electron chi connectivity index (χ1n) is 7.08. The summed E-state index contributed by atoms with van der Waals surface area (Å²) in [5.74, 6) is 0. The first kappa shape index (κ1) is 16.0. The summed E-state index contributed by atoms with van der Waals surface area (Å²) in [7, 11) is -3.41. The summed E-state index contributed by atoms with van der Waals surface area (Å²) >= 11 is 3.39. The quantitative estimate of drug-likeness (QED) is 0.882. The number of halogens is 1. The van der Waals surface area contributed by atoms with Crippen LogP contribution >= 0.6 is 15.9 Å². The van der Waals surface area contributed by atoms with Crippen molar-refractivity contribution in [1.82, 2.24) is 4.72 Å². The average Bonchev–Trinajstić information content (AvgIpc) is 2.41. The molecule has 1 aromatic carbocycles. The van der Waals surface area contributed by atoms with E-state index in [0.29, 0.717) is 11.4 Å². The average molecular weight is 360 g/mol. The van der Waals surface area contributed by atoms with Crippen LogP contribution in [0.15, 0.2) is 27.6 Å². The summed E-state index contributed by atoms with van der Waals surface area (Å²) in [5, 5.41) is 0. The highest BCUT2D eigenvalue weighted by Gasteiger charge is 2.28. The summed E-state index contributed by atoms with van der Waals surface area (Å²) in [6.45, 7) is 4.61. The van der Waals surface area contributed by atoms with Gasteiger partial charge in [0.1, 0.15) is 0 Å². The first-order valence-corrected chi connectivity index (χ1v) is 9.36. The van der Waals surface area contributed by atoms with Gasteiger partial charge in [-0.3, -0.25) is 0 Å². The number of sulfonamides is 1. The lowest BCUT2D eigenvalue weighted by molar-refractivity contribution is 0.219. The van der Waals surface area contributed by atoms with E-state index in [4.69, 9.17) is 0 Å². The molecule has 2 rings (SSSR count). The van der Waals surface area contributed by atoms with E-state index >= 15 is 0 Å². The van der Waals surface area contributed by atoms with Crippen LogP contribution in [0.3, 0.4) is 0 Å². The third-order valence-corrected chi connectivity index (χ3v) is 6.48. The van der Waals surface area contributed by atoms with E-state index in [1.807, 2.05) is 6.92 Å². The van der Waals surface area contributed by atoms with E-state index in [1.54, 1.807) is 18.2 Å². The fourth-order valence-electron chi connectivity index (χ4n) is 2.72. The lowest BCUT2D eigenvalue weighted by atomic mass is 9.76. The minimum atomic E-state index is -3.41. The largest absolute Gasteiger partial charge is 0.240 e. The van der Waals surface area contributed by atoms with Crippen molar-refractivity contribution in [3.8, 4) is 0 Å². The second kappa shape index (κ2) is 6.16. The van der Waals surface area contributed by atoms with Crippen molar-refractivity contribution in [2.75, 3.05) is 6.54 Å². The number of benzene rings is 1. The summed E-state index contributed by atoms with van der Waals surface area (Å²) in [6, 6.07) is 5.13. The molecule has 3 nitrogen and oxygen atoms in total. The molecule has 0 amide bonds. The predicted molar refractivity (Wildman–Crippen MR) is 85.3 cm³/mol. The molecule has 0 unspecified atom stereocenters. The molecule has 112 valence electrons. The number of aryl methyl sites for hydroxylation is 1. The van der Waals surface area contributed by atoms with Crippen LogP contribution in [0.2, 0.25) is 0 Å². The lowest BCUT2D eigenvalue weighted by Gasteiger charge is -2.33. The normalized spacial score (nSPS) is 18.9. The van der Waals surface area contributed by atoms with Crippen molar-refractivity contribution in [3.63, 3.8) is 0 Å². The zero-order chi connectivity index (χ0) is 14.8. The van der Waals surface area contributed by atoms with Gasteiger partial charge in [-0.1, -0.05) is 42.1 Å². The minimum Gasteiger partial charge on any atom is -0.211 e. The Kier molecular flexibility index (Phi) is 4.92. The number of nitrogens with one attached hydrogen (secondary N) is 1. The van der Waals surface area contributed by atoms with Gasteiger partial charge in [-0.05, 0) is 48.9 Å². The summed E-state index contributed by atoms with van der Waals surface area (Å²) < 4.78 is 28.4. The third kappa shape index (κ3) is 3.83. The zero-order valence-electron chi connectivity index (χ0n) is 12.1. The Hall–Kier alpha value is -0.390. The second-order valence-electron chi connectivity index (χ2n) is 6.11. The molecule has 1 aromatic rings. The molecule has 1 fully saturated rings. The highest BCUT2D eigenvalue weighted by atomic mass is 79.9. The van der Waals surface area contributed by atoms with Crippen molar-refractivity contribution in [2.24, 2.45) is 5.41 Å². The molecule has 1 aliphatic carbocycles. The van der Waals surface area contributed by atoms with E-state index in [9.17, 15) is 8.42 Å². The topological polar surface area (TPSA) is 46.2 Å². The molecule has 1 saturated carbocycles. The summed E-state index contributed by atoms with van der Waals surface area (Å²) in [6.07, 6.45) is 5.89. The van der Waals surface area contributed by atoms with Gasteiger partial charge >= 0.3 is 0 Å². The monoisotopic (exact) mass is 359 g/mol. The van der Waals surface area contributed by atoms with Gasteiger partial charge < -0.3 is 0 Å². The molecule has 1 aliphatic rings. The van der Waals surface area contributed by atoms with Gasteiger partial charge in [-0.15, -0.1) is 0 Å². The Balaban J connectivity index is 2.09. The van der Waals surface area contributed by atoms with E-state index < -0.39 is 10.0 Å². The minimum absolute atomic E-state index is 0.107. The smallest absolute Gasteiger partial charge is 0.211 e. The molecule has 1 N–H and O–H groups in total. The standard InChI is InChI=1S/C15H22BrNO2S/c1-12-10-13(6-7-14(12)16)20(18,19)17-11-15(2)8-4-3-5-9-15/h6-7,10,17H,3-5,8-9,11H2,1-2H3. The molecule has 0 aromatic heterocycles. The maximum atomic E-state index is 12.4. The number of hydrogen-bond acceptors (Lipinski definition) is 2. The maximum Gasteiger partial charge on any atom is 0.240 e. The van der Waals surface area contributed by atoms with Gasteiger partial charge in [-0.2, -0.15) is 0 Å². The van der Waals surface area contributed by atoms with Gasteiger partial charge in [-0.25, -0.2) is 13.1 Å². The van der Waals surface area contributed by atoms with Crippen molar-refractivity contribution in [2.45, 2.75) is 50.8 Å². The van der Waals surface area contributed by atoms with Crippen LogP contribution in [-0.4, -0.2) is 15.0 Å². The highest BCUT2D eigenvalue weighted by Crippen LogP contribution is 2.35. The fourth-order valence-corrected chi connectivity index (χ4v) is 4.25. The van der Waals surface area contributed by atoms with Crippen LogP contribution in [0, 0.1) is 12.3 Å². The van der Waals surface area contributed by atoms with Crippen molar-refractivity contribution < 1.29 is 8.42 Å². The fraction of sp³-hybridized carbons (Fsp3) is 0.600. The van der Waals surface area contributed by atoms with Crippen LogP contribution in [0.25, 0.3) is 0 Å². The van der Waals surface area contributed by atoms with Crippen LogP contribution in [-0.2, 0) is 10.0 Å². The molecule has 0 heterocycles. The van der Waals surface area contributed by atoms with Crippen molar-refractivity contribution in [1.29, 1.82) is 0 Å². The maximum absolute atomic E-state index is 12.4. The van der Waals surface area contributed by atoms with E-state index in [1.165, 1.54) is 19.3 Å². The van der Waals surface area contributed by atoms with E-state index in [0.717, 1.165) is 22.9 Å². The predicted octanol–water partition coefficient (Wildman–Crippen LogP) is 4.01. The molecular formula is C15H22BrNO2S. The van der Waals surface area contributed by atoms with Gasteiger partial charge in [0.05, 0.1) is 4.90 Å². The van der Waals surface area contributed by atoms with Crippen LogP contribution < -0.4 is 4.72 Å². The molecule has 20 heavy (non-hydrogen) atoms. The molecular weight excluding hydrogens is 338 g/mol.